The second-order valence-corrected chi connectivity index (χ2v) is 6.27. The monoisotopic (exact) mass is 344 g/mol. The van der Waals surface area contributed by atoms with Crippen LogP contribution in [0.4, 0.5) is 0 Å². The van der Waals surface area contributed by atoms with Crippen molar-refractivity contribution in [2.75, 3.05) is 20.3 Å². The Hall–Kier alpha value is -0.740. The van der Waals surface area contributed by atoms with Crippen LogP contribution in [-0.2, 0) is 6.54 Å². The fraction of sp³-hybridized carbons (Fsp3) is 0.625. The van der Waals surface area contributed by atoms with Crippen LogP contribution in [0.2, 0.25) is 0 Å². The van der Waals surface area contributed by atoms with Gasteiger partial charge in [0.25, 0.3) is 0 Å². The number of quaternary nitrogens is 1. The molecule has 0 aliphatic heterocycles. The maximum Gasteiger partial charge on any atom is 0.162 e. The number of unbranched alkanes of at least 4 members (excludes halogenated alkanes) is 1. The van der Waals surface area contributed by atoms with E-state index in [2.05, 4.69) is 48.1 Å². The van der Waals surface area contributed by atoms with E-state index < -0.39 is 0 Å². The second-order valence-electron chi connectivity index (χ2n) is 5.42. The highest BCUT2D eigenvalue weighted by molar-refractivity contribution is 9.10. The first-order valence-electron chi connectivity index (χ1n) is 7.39. The molecule has 4 heteroatoms. The maximum atomic E-state index is 5.78. The van der Waals surface area contributed by atoms with Gasteiger partial charge in [-0.25, -0.2) is 0 Å². The van der Waals surface area contributed by atoms with Crippen LogP contribution >= 0.6 is 15.9 Å². The first-order valence-corrected chi connectivity index (χ1v) is 8.18. The third-order valence-corrected chi connectivity index (χ3v) is 3.83. The zero-order valence-corrected chi connectivity index (χ0v) is 14.6. The summed E-state index contributed by atoms with van der Waals surface area (Å²) in [5.41, 5.74) is 1.24. The molecule has 0 atom stereocenters. The van der Waals surface area contributed by atoms with Crippen molar-refractivity contribution < 1.29 is 14.8 Å². The lowest BCUT2D eigenvalue weighted by Gasteiger charge is -2.13. The summed E-state index contributed by atoms with van der Waals surface area (Å²) in [4.78, 5) is 0. The van der Waals surface area contributed by atoms with E-state index >= 15 is 0 Å². The van der Waals surface area contributed by atoms with Crippen LogP contribution in [0.1, 0.15) is 39.2 Å². The minimum atomic E-state index is 0.701. The molecule has 2 N–H and O–H groups in total. The Balaban J connectivity index is 2.73. The van der Waals surface area contributed by atoms with Crippen molar-refractivity contribution in [2.24, 2.45) is 5.92 Å². The predicted molar refractivity (Wildman–Crippen MR) is 86.4 cm³/mol. The average molecular weight is 345 g/mol. The molecule has 0 saturated carbocycles. The molecule has 0 unspecified atom stereocenters. The molecule has 0 aromatic heterocycles. The number of benzene rings is 1. The van der Waals surface area contributed by atoms with Crippen molar-refractivity contribution in [3.8, 4) is 11.5 Å². The lowest BCUT2D eigenvalue weighted by molar-refractivity contribution is -0.675. The molecule has 1 aromatic carbocycles. The third-order valence-electron chi connectivity index (χ3n) is 3.09. The Morgan fingerprint density at radius 3 is 2.60 bits per heavy atom. The lowest BCUT2D eigenvalue weighted by atomic mass is 10.1. The number of nitrogens with two attached hydrogens (primary N) is 1. The normalized spacial score (nSPS) is 10.9. The van der Waals surface area contributed by atoms with Gasteiger partial charge in [0.05, 0.1) is 20.3 Å². The highest BCUT2D eigenvalue weighted by Gasteiger charge is 2.11. The summed E-state index contributed by atoms with van der Waals surface area (Å²) in [6.45, 7) is 9.43. The van der Waals surface area contributed by atoms with Gasteiger partial charge >= 0.3 is 0 Å². The van der Waals surface area contributed by atoms with Gasteiger partial charge in [-0.05, 0) is 18.6 Å². The van der Waals surface area contributed by atoms with E-state index in [0.29, 0.717) is 5.92 Å². The second kappa shape index (κ2) is 9.24. The molecule has 0 heterocycles. The molecule has 0 aliphatic rings. The maximum absolute atomic E-state index is 5.78. The Labute approximate surface area is 131 Å². The zero-order valence-electron chi connectivity index (χ0n) is 13.0. The van der Waals surface area contributed by atoms with Crippen LogP contribution in [0, 0.1) is 5.92 Å². The van der Waals surface area contributed by atoms with Crippen LogP contribution in [0.25, 0.3) is 0 Å². The summed E-state index contributed by atoms with van der Waals surface area (Å²) in [6.07, 6.45) is 2.19. The number of ether oxygens (including phenoxy) is 2. The highest BCUT2D eigenvalue weighted by Crippen LogP contribution is 2.33. The largest absolute Gasteiger partial charge is 0.493 e. The standard InChI is InChI=1S/C16H26BrNO2/c1-5-6-7-20-16-9-14(17)13(8-15(16)19-4)11-18-10-12(2)3/h8-9,12,18H,5-7,10-11H2,1-4H3/p+1. The van der Waals surface area contributed by atoms with Crippen LogP contribution in [0.3, 0.4) is 0 Å². The molecule has 1 aromatic rings. The van der Waals surface area contributed by atoms with Gasteiger partial charge in [-0.3, -0.25) is 0 Å². The van der Waals surface area contributed by atoms with Crippen LogP contribution in [-0.4, -0.2) is 20.3 Å². The van der Waals surface area contributed by atoms with E-state index in [-0.39, 0.29) is 0 Å². The Morgan fingerprint density at radius 1 is 1.25 bits per heavy atom. The number of hydrogen-bond donors (Lipinski definition) is 1. The summed E-state index contributed by atoms with van der Waals surface area (Å²) in [5.74, 6) is 2.34. The summed E-state index contributed by atoms with van der Waals surface area (Å²) >= 11 is 3.63. The Bertz CT molecular complexity index is 408. The van der Waals surface area contributed by atoms with E-state index in [1.165, 1.54) is 5.56 Å². The molecule has 0 bridgehead atoms. The predicted octanol–water partition coefficient (Wildman–Crippen LogP) is 3.36. The topological polar surface area (TPSA) is 35.1 Å². The molecule has 0 amide bonds. The number of hydrogen-bond acceptors (Lipinski definition) is 2. The average Bonchev–Trinajstić information content (AvgIpc) is 2.41. The van der Waals surface area contributed by atoms with Crippen LogP contribution < -0.4 is 14.8 Å². The van der Waals surface area contributed by atoms with E-state index in [1.807, 2.05) is 6.07 Å². The molecule has 0 spiro atoms. The molecule has 0 aliphatic carbocycles. The van der Waals surface area contributed by atoms with Gasteiger partial charge in [-0.1, -0.05) is 43.1 Å². The Morgan fingerprint density at radius 2 is 2.00 bits per heavy atom. The van der Waals surface area contributed by atoms with Gasteiger partial charge in [0.2, 0.25) is 0 Å². The van der Waals surface area contributed by atoms with E-state index in [9.17, 15) is 0 Å². The SMILES string of the molecule is CCCCOc1cc(Br)c(C[NH2+]CC(C)C)cc1OC. The molecular weight excluding hydrogens is 318 g/mol. The summed E-state index contributed by atoms with van der Waals surface area (Å²) in [7, 11) is 1.69. The lowest BCUT2D eigenvalue weighted by Crippen LogP contribution is -2.83. The molecule has 20 heavy (non-hydrogen) atoms. The van der Waals surface area contributed by atoms with Crippen LogP contribution in [0.5, 0.6) is 11.5 Å². The minimum Gasteiger partial charge on any atom is -0.493 e. The number of halogens is 1. The van der Waals surface area contributed by atoms with E-state index in [1.54, 1.807) is 7.11 Å². The molecule has 0 fully saturated rings. The zero-order chi connectivity index (χ0) is 15.0. The van der Waals surface area contributed by atoms with Crippen molar-refractivity contribution in [3.05, 3.63) is 22.2 Å². The number of methoxy groups -OCH3 is 1. The van der Waals surface area contributed by atoms with Crippen molar-refractivity contribution in [2.45, 2.75) is 40.2 Å². The fourth-order valence-corrected chi connectivity index (χ4v) is 2.39. The van der Waals surface area contributed by atoms with Crippen molar-refractivity contribution in [1.29, 1.82) is 0 Å². The molecular formula is C16H27BrNO2+. The van der Waals surface area contributed by atoms with Gasteiger partial charge < -0.3 is 14.8 Å². The van der Waals surface area contributed by atoms with Crippen molar-refractivity contribution >= 4 is 15.9 Å². The quantitative estimate of drug-likeness (QED) is 0.697. The van der Waals surface area contributed by atoms with Gasteiger partial charge in [0.15, 0.2) is 11.5 Å². The van der Waals surface area contributed by atoms with Crippen molar-refractivity contribution in [1.82, 2.24) is 0 Å². The van der Waals surface area contributed by atoms with Gasteiger partial charge in [0.1, 0.15) is 6.54 Å². The van der Waals surface area contributed by atoms with E-state index in [0.717, 1.165) is 48.5 Å². The molecule has 1 rings (SSSR count). The first kappa shape index (κ1) is 17.3. The molecule has 114 valence electrons. The van der Waals surface area contributed by atoms with E-state index in [4.69, 9.17) is 9.47 Å². The van der Waals surface area contributed by atoms with Crippen LogP contribution in [0.15, 0.2) is 16.6 Å². The van der Waals surface area contributed by atoms with Gasteiger partial charge in [-0.15, -0.1) is 0 Å². The molecule has 3 nitrogen and oxygen atoms in total. The minimum absolute atomic E-state index is 0.701. The summed E-state index contributed by atoms with van der Waals surface area (Å²) in [5, 5.41) is 2.32. The smallest absolute Gasteiger partial charge is 0.162 e. The Kier molecular flexibility index (Phi) is 8.00. The first-order chi connectivity index (χ1) is 9.58. The summed E-state index contributed by atoms with van der Waals surface area (Å²) < 4.78 is 12.3. The molecule has 0 radical (unpaired) electrons. The van der Waals surface area contributed by atoms with Gasteiger partial charge in [-0.2, -0.15) is 0 Å². The number of rotatable bonds is 9. The third kappa shape index (κ3) is 5.71. The fourth-order valence-electron chi connectivity index (χ4n) is 1.90. The van der Waals surface area contributed by atoms with Crippen molar-refractivity contribution in [3.63, 3.8) is 0 Å². The summed E-state index contributed by atoms with van der Waals surface area (Å²) in [6, 6.07) is 4.09. The molecule has 0 saturated heterocycles. The van der Waals surface area contributed by atoms with Gasteiger partial charge in [0, 0.05) is 16.0 Å². The highest BCUT2D eigenvalue weighted by atomic mass is 79.9.